The minimum absolute atomic E-state index is 0.0568. The average molecular weight is 464 g/mol. The van der Waals surface area contributed by atoms with Crippen LogP contribution < -0.4 is 21.3 Å². The highest BCUT2D eigenvalue weighted by Gasteiger charge is 2.15. The molecule has 0 aliphatic carbocycles. The first-order valence-electron chi connectivity index (χ1n) is 10.5. The molecule has 2 heterocycles. The highest BCUT2D eigenvalue weighted by molar-refractivity contribution is 7.99. The van der Waals surface area contributed by atoms with Gasteiger partial charge in [0.2, 0.25) is 5.91 Å². The number of carbonyl (C=O) groups excluding carboxylic acids is 1. The number of aryl methyl sites for hydroxylation is 1. The molecule has 0 bridgehead atoms. The largest absolute Gasteiger partial charge is 0.403 e. The molecule has 0 saturated heterocycles. The third-order valence-electron chi connectivity index (χ3n) is 5.28. The number of carbonyl (C=O) groups is 1. The van der Waals surface area contributed by atoms with Gasteiger partial charge in [0.25, 0.3) is 5.56 Å². The summed E-state index contributed by atoms with van der Waals surface area (Å²) in [5.74, 6) is 0.479. The first-order chi connectivity index (χ1) is 15.9. The number of hydrogen-bond acceptors (Lipinski definition) is 6. The topological polar surface area (TPSA) is 92.4 Å². The molecule has 7 nitrogen and oxygen atoms in total. The zero-order valence-corrected chi connectivity index (χ0v) is 19.7. The normalized spacial score (nSPS) is 13.6. The molecular weight excluding hydrogens is 434 g/mol. The number of anilines is 1. The van der Waals surface area contributed by atoms with Crippen LogP contribution in [0, 0.1) is 6.92 Å². The van der Waals surface area contributed by atoms with Crippen molar-refractivity contribution in [2.45, 2.75) is 26.1 Å². The highest BCUT2D eigenvalue weighted by atomic mass is 32.2. The fourth-order valence-corrected chi connectivity index (χ4v) is 4.10. The number of nitrogens with two attached hydrogens (primary N) is 1. The van der Waals surface area contributed by atoms with Crippen molar-refractivity contribution < 1.29 is 4.79 Å². The van der Waals surface area contributed by atoms with E-state index in [1.165, 1.54) is 22.7 Å². The monoisotopic (exact) mass is 463 g/mol. The van der Waals surface area contributed by atoms with Crippen LogP contribution in [0.1, 0.15) is 18.2 Å². The van der Waals surface area contributed by atoms with Gasteiger partial charge in [-0.15, -0.1) is 0 Å². The molecule has 0 fully saturated rings. The van der Waals surface area contributed by atoms with E-state index in [0.29, 0.717) is 12.2 Å². The Morgan fingerprint density at radius 1 is 1.15 bits per heavy atom. The van der Waals surface area contributed by atoms with Crippen molar-refractivity contribution in [2.24, 2.45) is 5.73 Å². The summed E-state index contributed by atoms with van der Waals surface area (Å²) in [5.41, 5.74) is 10.3. The standard InChI is InChI=1S/C25H29N5O2S/c1-18-9-11-22(20(3)29(18)14-13-26)15-27-24(31)16-30-19(2)10-12-23(25(30)32)28-33-17-21-7-5-4-6-8-21/h4-14,28H,1,15-17,26H2,2-3H3,(H,27,31)/b14-13-. The van der Waals surface area contributed by atoms with Crippen LogP contribution in [0.2, 0.25) is 0 Å². The lowest BCUT2D eigenvalue weighted by atomic mass is 10.1. The van der Waals surface area contributed by atoms with Crippen LogP contribution in [0.15, 0.2) is 95.4 Å². The molecule has 1 aromatic carbocycles. The van der Waals surface area contributed by atoms with Gasteiger partial charge in [-0.3, -0.25) is 9.59 Å². The first kappa shape index (κ1) is 24.0. The molecular formula is C25H29N5O2S. The van der Waals surface area contributed by atoms with Crippen LogP contribution in [0.4, 0.5) is 5.69 Å². The lowest BCUT2D eigenvalue weighted by Gasteiger charge is -2.27. The Kier molecular flexibility index (Phi) is 8.21. The Labute approximate surface area is 198 Å². The van der Waals surface area contributed by atoms with Crippen molar-refractivity contribution in [1.29, 1.82) is 0 Å². The Balaban J connectivity index is 1.62. The molecule has 33 heavy (non-hydrogen) atoms. The van der Waals surface area contributed by atoms with Gasteiger partial charge in [-0.05, 0) is 55.1 Å². The van der Waals surface area contributed by atoms with Gasteiger partial charge in [0, 0.05) is 41.8 Å². The SMILES string of the molecule is C=C1C=CC(CNC(=O)Cn2c(C)ccc(NSCc3ccccc3)c2=O)=C(C)N1/C=C\N. The number of allylic oxidation sites excluding steroid dienone is 2. The number of hydrogen-bond donors (Lipinski definition) is 3. The van der Waals surface area contributed by atoms with Crippen LogP contribution in [0.25, 0.3) is 0 Å². The summed E-state index contributed by atoms with van der Waals surface area (Å²) in [6.45, 7) is 8.01. The Morgan fingerprint density at radius 3 is 2.64 bits per heavy atom. The Hall–Kier alpha value is -3.65. The van der Waals surface area contributed by atoms with Gasteiger partial charge in [-0.1, -0.05) is 43.0 Å². The molecule has 2 aromatic rings. The fraction of sp³-hybridized carbons (Fsp3) is 0.200. The minimum atomic E-state index is -0.242. The van der Waals surface area contributed by atoms with E-state index in [2.05, 4.69) is 16.6 Å². The predicted molar refractivity (Wildman–Crippen MR) is 136 cm³/mol. The van der Waals surface area contributed by atoms with Gasteiger partial charge in [0.15, 0.2) is 0 Å². The summed E-state index contributed by atoms with van der Waals surface area (Å²) in [7, 11) is 0. The number of aromatic nitrogens is 1. The molecule has 4 N–H and O–H groups in total. The molecule has 1 aliphatic rings. The number of rotatable bonds is 9. The smallest absolute Gasteiger partial charge is 0.275 e. The lowest BCUT2D eigenvalue weighted by molar-refractivity contribution is -0.121. The van der Waals surface area contributed by atoms with Gasteiger partial charge in [-0.25, -0.2) is 0 Å². The second kappa shape index (κ2) is 11.3. The van der Waals surface area contributed by atoms with Crippen LogP contribution in [-0.4, -0.2) is 21.9 Å². The zero-order chi connectivity index (χ0) is 23.8. The Bertz CT molecular complexity index is 1170. The van der Waals surface area contributed by atoms with E-state index >= 15 is 0 Å². The molecule has 0 spiro atoms. The summed E-state index contributed by atoms with van der Waals surface area (Å²) in [6, 6.07) is 13.6. The molecule has 0 radical (unpaired) electrons. The third kappa shape index (κ3) is 6.20. The van der Waals surface area contributed by atoms with Crippen LogP contribution in [-0.2, 0) is 17.1 Å². The number of amides is 1. The van der Waals surface area contributed by atoms with Crippen LogP contribution in [0.5, 0.6) is 0 Å². The maximum atomic E-state index is 12.9. The molecule has 1 amide bonds. The van der Waals surface area contributed by atoms with E-state index in [9.17, 15) is 9.59 Å². The summed E-state index contributed by atoms with van der Waals surface area (Å²) in [6.07, 6.45) is 6.95. The van der Waals surface area contributed by atoms with E-state index in [1.54, 1.807) is 12.3 Å². The predicted octanol–water partition coefficient (Wildman–Crippen LogP) is 3.62. The lowest BCUT2D eigenvalue weighted by Crippen LogP contribution is -2.35. The maximum absolute atomic E-state index is 12.9. The highest BCUT2D eigenvalue weighted by Crippen LogP contribution is 2.22. The zero-order valence-electron chi connectivity index (χ0n) is 18.9. The molecule has 1 aromatic heterocycles. The Morgan fingerprint density at radius 2 is 1.91 bits per heavy atom. The second-order valence-electron chi connectivity index (χ2n) is 7.58. The molecule has 3 rings (SSSR count). The van der Waals surface area contributed by atoms with Crippen molar-refractivity contribution in [2.75, 3.05) is 11.3 Å². The maximum Gasteiger partial charge on any atom is 0.275 e. The second-order valence-corrected chi connectivity index (χ2v) is 8.36. The number of nitrogens with zero attached hydrogens (tertiary/aromatic N) is 2. The van der Waals surface area contributed by atoms with E-state index in [-0.39, 0.29) is 18.0 Å². The summed E-state index contributed by atoms with van der Waals surface area (Å²) in [4.78, 5) is 27.4. The quantitative estimate of drug-likeness (QED) is 0.492. The van der Waals surface area contributed by atoms with E-state index in [1.807, 2.05) is 67.3 Å². The number of pyridine rings is 1. The van der Waals surface area contributed by atoms with Crippen molar-refractivity contribution in [3.05, 3.63) is 112 Å². The first-order valence-corrected chi connectivity index (χ1v) is 11.5. The number of nitrogens with one attached hydrogen (secondary N) is 2. The number of benzene rings is 1. The van der Waals surface area contributed by atoms with Gasteiger partial charge < -0.3 is 25.2 Å². The van der Waals surface area contributed by atoms with E-state index in [4.69, 9.17) is 5.73 Å². The fourth-order valence-electron chi connectivity index (χ4n) is 3.36. The molecule has 172 valence electrons. The molecule has 0 atom stereocenters. The summed E-state index contributed by atoms with van der Waals surface area (Å²) < 4.78 is 4.59. The van der Waals surface area contributed by atoms with Gasteiger partial charge in [-0.2, -0.15) is 0 Å². The van der Waals surface area contributed by atoms with Gasteiger partial charge in [0.1, 0.15) is 12.2 Å². The van der Waals surface area contributed by atoms with Gasteiger partial charge >= 0.3 is 0 Å². The van der Waals surface area contributed by atoms with Crippen LogP contribution in [0.3, 0.4) is 0 Å². The summed E-state index contributed by atoms with van der Waals surface area (Å²) >= 11 is 1.44. The molecule has 8 heteroatoms. The summed E-state index contributed by atoms with van der Waals surface area (Å²) in [5, 5.41) is 2.90. The molecule has 1 aliphatic heterocycles. The third-order valence-corrected chi connectivity index (χ3v) is 6.12. The minimum Gasteiger partial charge on any atom is -0.403 e. The average Bonchev–Trinajstić information content (AvgIpc) is 2.81. The molecule has 0 unspecified atom stereocenters. The van der Waals surface area contributed by atoms with E-state index in [0.717, 1.165) is 34.0 Å². The van der Waals surface area contributed by atoms with Crippen LogP contribution >= 0.6 is 11.9 Å². The van der Waals surface area contributed by atoms with Crippen molar-refractivity contribution in [1.82, 2.24) is 14.8 Å². The van der Waals surface area contributed by atoms with Crippen molar-refractivity contribution in [3.63, 3.8) is 0 Å². The van der Waals surface area contributed by atoms with Gasteiger partial charge in [0.05, 0.1) is 0 Å². The van der Waals surface area contributed by atoms with Crippen molar-refractivity contribution >= 4 is 23.5 Å². The van der Waals surface area contributed by atoms with E-state index < -0.39 is 0 Å². The van der Waals surface area contributed by atoms with Crippen molar-refractivity contribution in [3.8, 4) is 0 Å². The molecule has 0 saturated carbocycles.